The second-order valence-corrected chi connectivity index (χ2v) is 15.1. The molecular weight excluding hydrogens is 651 g/mol. The minimum Gasteiger partial charge on any atom is -0.394 e. The van der Waals surface area contributed by atoms with Crippen molar-refractivity contribution in [1.29, 1.82) is 5.26 Å². The Morgan fingerprint density at radius 2 is 1.94 bits per heavy atom. The van der Waals surface area contributed by atoms with E-state index < -0.39 is 65.7 Å². The summed E-state index contributed by atoms with van der Waals surface area (Å²) in [6.45, 7) is 9.77. The molecule has 7 atom stereocenters. The monoisotopic (exact) mass is 691 g/mol. The number of nitriles is 1. The first kappa shape index (κ1) is 35.5. The minimum atomic E-state index is -1.55. The van der Waals surface area contributed by atoms with Crippen LogP contribution in [-0.2, 0) is 21.4 Å². The number of halogens is 4. The van der Waals surface area contributed by atoms with Gasteiger partial charge in [0.05, 0.1) is 36.5 Å². The van der Waals surface area contributed by atoms with Crippen LogP contribution in [0.5, 0.6) is 0 Å². The lowest BCUT2D eigenvalue weighted by molar-refractivity contribution is -0.0789. The molecule has 9 nitrogen and oxygen atoms in total. The first-order valence-electron chi connectivity index (χ1n) is 15.5. The van der Waals surface area contributed by atoms with Crippen LogP contribution in [0, 0.1) is 28.4 Å². The van der Waals surface area contributed by atoms with E-state index in [-0.39, 0.29) is 33.2 Å². The fraction of sp³-hybridized carbons (Fsp3) is 0.529. The molecule has 47 heavy (non-hydrogen) atoms. The Hall–Kier alpha value is -2.82. The van der Waals surface area contributed by atoms with Gasteiger partial charge >= 0.3 is 0 Å². The van der Waals surface area contributed by atoms with Gasteiger partial charge < -0.3 is 30.3 Å². The van der Waals surface area contributed by atoms with Gasteiger partial charge in [0.25, 0.3) is 0 Å². The van der Waals surface area contributed by atoms with E-state index in [0.29, 0.717) is 18.8 Å². The fourth-order valence-corrected chi connectivity index (χ4v) is 7.00. The third-order valence-electron chi connectivity index (χ3n) is 8.72. The number of anilines is 1. The molecule has 254 valence electrons. The molecule has 0 spiro atoms. The van der Waals surface area contributed by atoms with Crippen LogP contribution in [-0.4, -0.2) is 69.3 Å². The van der Waals surface area contributed by atoms with E-state index in [2.05, 4.69) is 21.8 Å². The molecule has 2 aliphatic heterocycles. The Bertz CT molecular complexity index is 1630. The Kier molecular flexibility index (Phi) is 10.3. The quantitative estimate of drug-likeness (QED) is 0.176. The summed E-state index contributed by atoms with van der Waals surface area (Å²) in [6.07, 6.45) is 0.204. The molecule has 13 heteroatoms. The Morgan fingerprint density at radius 1 is 1.19 bits per heavy atom. The van der Waals surface area contributed by atoms with Gasteiger partial charge in [0, 0.05) is 40.9 Å². The third-order valence-corrected chi connectivity index (χ3v) is 9.25. The van der Waals surface area contributed by atoms with Crippen molar-refractivity contribution in [2.24, 2.45) is 5.41 Å². The average molecular weight is 693 g/mol. The highest BCUT2D eigenvalue weighted by molar-refractivity contribution is 6.31. The molecular formula is C34H41Cl2F2N5O4. The summed E-state index contributed by atoms with van der Waals surface area (Å²) >= 11 is 12.4. The number of nitrogens with zero attached hydrogens (tertiary/aromatic N) is 3. The van der Waals surface area contributed by atoms with Gasteiger partial charge in [0.15, 0.2) is 6.23 Å². The molecule has 5 rings (SSSR count). The van der Waals surface area contributed by atoms with Gasteiger partial charge in [-0.3, -0.25) is 4.68 Å². The van der Waals surface area contributed by atoms with Crippen molar-refractivity contribution in [2.75, 3.05) is 18.5 Å². The average Bonchev–Trinajstić information content (AvgIpc) is 3.50. The van der Waals surface area contributed by atoms with E-state index in [0.717, 1.165) is 0 Å². The first-order valence-corrected chi connectivity index (χ1v) is 16.3. The third kappa shape index (κ3) is 7.60. The second-order valence-electron chi connectivity index (χ2n) is 14.2. The number of nitrogens with one attached hydrogen (secondary N) is 2. The molecule has 2 saturated heterocycles. The van der Waals surface area contributed by atoms with Crippen molar-refractivity contribution >= 4 is 29.0 Å². The molecule has 0 aliphatic carbocycles. The molecule has 3 heterocycles. The highest BCUT2D eigenvalue weighted by Crippen LogP contribution is 2.55. The van der Waals surface area contributed by atoms with Gasteiger partial charge in [0.1, 0.15) is 35.1 Å². The smallest absolute Gasteiger partial charge is 0.157 e. The maximum Gasteiger partial charge on any atom is 0.157 e. The lowest BCUT2D eigenvalue weighted by Crippen LogP contribution is -2.44. The SMILES string of the molecule is CC(C)(C)C[C@@H]1N[C@@H](C2OC2Nc2ccn(CC(C)(C)OC[C@@H](O)CO)n2)[C@H](c2cccc(Cl)c2F)[C@@]1(C#N)c1ccc(Cl)cc1F. The van der Waals surface area contributed by atoms with Crippen LogP contribution >= 0.6 is 23.2 Å². The molecule has 2 aliphatic rings. The van der Waals surface area contributed by atoms with E-state index >= 15 is 8.78 Å². The molecule has 0 bridgehead atoms. The molecule has 2 unspecified atom stereocenters. The minimum absolute atomic E-state index is 0.0173. The summed E-state index contributed by atoms with van der Waals surface area (Å²) in [4.78, 5) is 0. The predicted octanol–water partition coefficient (Wildman–Crippen LogP) is 5.78. The van der Waals surface area contributed by atoms with Gasteiger partial charge in [-0.25, -0.2) is 8.78 Å². The molecule has 0 radical (unpaired) electrons. The van der Waals surface area contributed by atoms with Crippen LogP contribution in [0.1, 0.15) is 58.1 Å². The highest BCUT2D eigenvalue weighted by atomic mass is 35.5. The summed E-state index contributed by atoms with van der Waals surface area (Å²) in [6, 6.07) is 11.9. The Morgan fingerprint density at radius 3 is 2.60 bits per heavy atom. The van der Waals surface area contributed by atoms with Crippen molar-refractivity contribution in [3.05, 3.63) is 81.5 Å². The molecule has 4 N–H and O–H groups in total. The van der Waals surface area contributed by atoms with Crippen molar-refractivity contribution in [3.63, 3.8) is 0 Å². The van der Waals surface area contributed by atoms with E-state index in [4.69, 9.17) is 37.8 Å². The summed E-state index contributed by atoms with van der Waals surface area (Å²) in [5.41, 5.74) is -2.20. The summed E-state index contributed by atoms with van der Waals surface area (Å²) in [7, 11) is 0. The van der Waals surface area contributed by atoms with Gasteiger partial charge in [-0.1, -0.05) is 62.2 Å². The largest absolute Gasteiger partial charge is 0.394 e. The van der Waals surface area contributed by atoms with Crippen molar-refractivity contribution < 1.29 is 28.5 Å². The van der Waals surface area contributed by atoms with Crippen LogP contribution in [0.4, 0.5) is 14.6 Å². The number of aliphatic hydroxyl groups is 2. The number of hydrogen-bond donors (Lipinski definition) is 4. The van der Waals surface area contributed by atoms with Crippen LogP contribution in [0.2, 0.25) is 10.0 Å². The van der Waals surface area contributed by atoms with Gasteiger partial charge in [0.2, 0.25) is 0 Å². The van der Waals surface area contributed by atoms with E-state index in [9.17, 15) is 10.4 Å². The zero-order chi connectivity index (χ0) is 34.3. The first-order chi connectivity index (χ1) is 22.1. The van der Waals surface area contributed by atoms with E-state index in [1.165, 1.54) is 18.2 Å². The van der Waals surface area contributed by atoms with Gasteiger partial charge in [-0.15, -0.1) is 0 Å². The topological polar surface area (TPSA) is 128 Å². The normalized spacial score (nSPS) is 26.6. The zero-order valence-corrected chi connectivity index (χ0v) is 28.5. The molecule has 3 aromatic rings. The maximum atomic E-state index is 15.9. The summed E-state index contributed by atoms with van der Waals surface area (Å²) in [5.74, 6) is -1.69. The fourth-order valence-electron chi connectivity index (χ4n) is 6.66. The molecule has 1 aromatic heterocycles. The molecule has 0 amide bonds. The van der Waals surface area contributed by atoms with E-state index in [1.807, 2.05) is 34.6 Å². The maximum absolute atomic E-state index is 15.9. The van der Waals surface area contributed by atoms with Crippen molar-refractivity contribution in [1.82, 2.24) is 15.1 Å². The van der Waals surface area contributed by atoms with Gasteiger partial charge in [-0.05, 0) is 49.4 Å². The second kappa shape index (κ2) is 13.6. The number of aromatic nitrogens is 2. The number of ether oxygens (including phenoxy) is 2. The Balaban J connectivity index is 1.47. The number of aliphatic hydroxyl groups excluding tert-OH is 2. The Labute approximate surface area is 283 Å². The van der Waals surface area contributed by atoms with Gasteiger partial charge in [-0.2, -0.15) is 10.4 Å². The molecule has 0 saturated carbocycles. The van der Waals surface area contributed by atoms with Crippen molar-refractivity contribution in [3.8, 4) is 6.07 Å². The summed E-state index contributed by atoms with van der Waals surface area (Å²) in [5, 5.41) is 41.3. The lowest BCUT2D eigenvalue weighted by Gasteiger charge is -2.37. The molecule has 2 fully saturated rings. The van der Waals surface area contributed by atoms with E-state index in [1.54, 1.807) is 35.1 Å². The van der Waals surface area contributed by atoms with Crippen LogP contribution in [0.25, 0.3) is 0 Å². The van der Waals surface area contributed by atoms with Crippen LogP contribution < -0.4 is 10.6 Å². The van der Waals surface area contributed by atoms with Crippen molar-refractivity contribution in [2.45, 2.75) is 95.0 Å². The number of benzene rings is 2. The zero-order valence-electron chi connectivity index (χ0n) is 27.0. The summed E-state index contributed by atoms with van der Waals surface area (Å²) < 4.78 is 45.4. The number of epoxide rings is 1. The number of hydrogen-bond acceptors (Lipinski definition) is 8. The highest BCUT2D eigenvalue weighted by Gasteiger charge is 2.64. The van der Waals surface area contributed by atoms with Crippen LogP contribution in [0.3, 0.4) is 0 Å². The molecule has 2 aromatic carbocycles. The standard InChI is InChI=1S/C34H41Cl2F2N5O4/c1-32(2,3)14-25-34(17-39,22-10-9-19(35)13-24(22)37)27(21-7-6-8-23(36)28(21)38)29(40-25)30-31(47-30)41-26-11-12-43(42-26)18-33(4,5)46-16-20(45)15-44/h6-13,20,25,27,29-31,40,44-45H,14-16,18H2,1-5H3,(H,41,42)/t20-,25-,27-,29+,30?,31?,34-/m0/s1. The lowest BCUT2D eigenvalue weighted by atomic mass is 9.62. The predicted molar refractivity (Wildman–Crippen MR) is 175 cm³/mol. The number of rotatable bonds is 12. The van der Waals surface area contributed by atoms with Crippen LogP contribution in [0.15, 0.2) is 48.7 Å².